The summed E-state index contributed by atoms with van der Waals surface area (Å²) in [4.78, 5) is 4.74. The first-order valence-corrected chi connectivity index (χ1v) is 7.82. The monoisotopic (exact) mass is 277 g/mol. The van der Waals surface area contributed by atoms with Crippen molar-refractivity contribution >= 4 is 5.65 Å². The second kappa shape index (κ2) is 4.99. The summed E-state index contributed by atoms with van der Waals surface area (Å²) in [5, 5.41) is 4.87. The number of hydrogen-bond acceptors (Lipinski definition) is 2. The molecule has 0 spiro atoms. The Balaban J connectivity index is 2.02. The largest absolute Gasteiger partial charge is 0.236 e. The van der Waals surface area contributed by atoms with Crippen LogP contribution < -0.4 is 0 Å². The number of fused-ring (bicyclic) bond motifs is 3. The van der Waals surface area contributed by atoms with Crippen LogP contribution in [0.4, 0.5) is 0 Å². The Morgan fingerprint density at radius 3 is 2.71 bits per heavy atom. The fraction of sp³-hybridized carbons (Fsp3) is 0.333. The van der Waals surface area contributed by atoms with E-state index in [1.165, 1.54) is 35.2 Å². The van der Waals surface area contributed by atoms with E-state index in [1.54, 1.807) is 0 Å². The molecule has 0 aliphatic heterocycles. The van der Waals surface area contributed by atoms with Gasteiger partial charge in [-0.1, -0.05) is 37.3 Å². The Morgan fingerprint density at radius 2 is 1.90 bits per heavy atom. The van der Waals surface area contributed by atoms with Crippen LogP contribution in [0, 0.1) is 0 Å². The van der Waals surface area contributed by atoms with E-state index >= 15 is 0 Å². The van der Waals surface area contributed by atoms with Gasteiger partial charge in [-0.05, 0) is 43.2 Å². The van der Waals surface area contributed by atoms with Crippen LogP contribution in [-0.4, -0.2) is 14.6 Å². The van der Waals surface area contributed by atoms with Crippen molar-refractivity contribution in [2.24, 2.45) is 0 Å². The molecule has 0 atom stereocenters. The van der Waals surface area contributed by atoms with Crippen molar-refractivity contribution in [3.8, 4) is 11.1 Å². The number of rotatable bonds is 2. The zero-order valence-electron chi connectivity index (χ0n) is 12.3. The molecule has 0 N–H and O–H groups in total. The van der Waals surface area contributed by atoms with Gasteiger partial charge in [-0.3, -0.25) is 0 Å². The number of aryl methyl sites for hydroxylation is 3. The summed E-state index contributed by atoms with van der Waals surface area (Å²) < 4.78 is 2.11. The maximum absolute atomic E-state index is 4.87. The average molecular weight is 277 g/mol. The standard InChI is InChI=1S/C18H19N3/c1-2-15-17(13-8-4-3-5-9-13)18-19-12-14-10-6-7-11-16(14)21(18)20-15/h3-5,8-9,12H,2,6-7,10-11H2,1H3. The maximum Gasteiger partial charge on any atom is 0.163 e. The molecule has 1 aromatic carbocycles. The first-order valence-electron chi connectivity index (χ1n) is 7.82. The van der Waals surface area contributed by atoms with E-state index in [-0.39, 0.29) is 0 Å². The van der Waals surface area contributed by atoms with Crippen molar-refractivity contribution in [1.29, 1.82) is 0 Å². The molecule has 0 amide bonds. The van der Waals surface area contributed by atoms with Crippen LogP contribution in [0.25, 0.3) is 16.8 Å². The third-order valence-corrected chi connectivity index (χ3v) is 4.41. The Bertz CT molecular complexity index is 787. The Morgan fingerprint density at radius 1 is 1.10 bits per heavy atom. The van der Waals surface area contributed by atoms with Crippen LogP contribution >= 0.6 is 0 Å². The van der Waals surface area contributed by atoms with Gasteiger partial charge in [-0.25, -0.2) is 9.50 Å². The van der Waals surface area contributed by atoms with E-state index in [2.05, 4.69) is 48.0 Å². The zero-order chi connectivity index (χ0) is 14.2. The SMILES string of the molecule is CCc1nn2c3c(cnc2c1-c1ccccc1)CCCC3. The van der Waals surface area contributed by atoms with Crippen molar-refractivity contribution < 1.29 is 0 Å². The Kier molecular flexibility index (Phi) is 2.99. The summed E-state index contributed by atoms with van der Waals surface area (Å²) in [5.74, 6) is 0. The van der Waals surface area contributed by atoms with Gasteiger partial charge in [0.1, 0.15) is 0 Å². The summed E-state index contributed by atoms with van der Waals surface area (Å²) in [6.07, 6.45) is 7.79. The normalized spacial score (nSPS) is 14.3. The van der Waals surface area contributed by atoms with Gasteiger partial charge in [0.2, 0.25) is 0 Å². The summed E-state index contributed by atoms with van der Waals surface area (Å²) in [7, 11) is 0. The lowest BCUT2D eigenvalue weighted by Crippen LogP contribution is -2.10. The van der Waals surface area contributed by atoms with Crippen molar-refractivity contribution in [2.45, 2.75) is 39.0 Å². The molecule has 0 saturated heterocycles. The van der Waals surface area contributed by atoms with E-state index < -0.39 is 0 Å². The highest BCUT2D eigenvalue weighted by Crippen LogP contribution is 2.30. The average Bonchev–Trinajstić information content (AvgIpc) is 2.94. The summed E-state index contributed by atoms with van der Waals surface area (Å²) >= 11 is 0. The molecular weight excluding hydrogens is 258 g/mol. The highest BCUT2D eigenvalue weighted by molar-refractivity contribution is 5.80. The predicted octanol–water partition coefficient (Wildman–Crippen LogP) is 3.84. The van der Waals surface area contributed by atoms with Gasteiger partial charge < -0.3 is 0 Å². The van der Waals surface area contributed by atoms with Gasteiger partial charge >= 0.3 is 0 Å². The second-order valence-electron chi connectivity index (χ2n) is 5.71. The number of hydrogen-bond donors (Lipinski definition) is 0. The van der Waals surface area contributed by atoms with E-state index in [9.17, 15) is 0 Å². The highest BCUT2D eigenvalue weighted by Gasteiger charge is 2.20. The van der Waals surface area contributed by atoms with Gasteiger partial charge in [0.05, 0.1) is 5.69 Å². The molecule has 0 bridgehead atoms. The third kappa shape index (κ3) is 1.96. The first kappa shape index (κ1) is 12.6. The lowest BCUT2D eigenvalue weighted by molar-refractivity contribution is 0.638. The molecule has 2 heterocycles. The molecule has 106 valence electrons. The van der Waals surface area contributed by atoms with Crippen LogP contribution in [0.5, 0.6) is 0 Å². The quantitative estimate of drug-likeness (QED) is 0.712. The fourth-order valence-electron chi connectivity index (χ4n) is 3.34. The molecule has 0 saturated carbocycles. The van der Waals surface area contributed by atoms with Crippen molar-refractivity contribution in [1.82, 2.24) is 14.6 Å². The molecule has 1 aliphatic carbocycles. The van der Waals surface area contributed by atoms with Gasteiger partial charge in [0.25, 0.3) is 0 Å². The highest BCUT2D eigenvalue weighted by atomic mass is 15.3. The zero-order valence-corrected chi connectivity index (χ0v) is 12.3. The summed E-state index contributed by atoms with van der Waals surface area (Å²) in [5.41, 5.74) is 7.31. The second-order valence-corrected chi connectivity index (χ2v) is 5.71. The molecule has 0 unspecified atom stereocenters. The smallest absolute Gasteiger partial charge is 0.163 e. The molecular formula is C18H19N3. The first-order chi connectivity index (χ1) is 10.4. The van der Waals surface area contributed by atoms with Gasteiger partial charge in [-0.15, -0.1) is 0 Å². The minimum atomic E-state index is 0.933. The molecule has 3 nitrogen and oxygen atoms in total. The van der Waals surface area contributed by atoms with Crippen LogP contribution in [0.3, 0.4) is 0 Å². The van der Waals surface area contributed by atoms with E-state index in [4.69, 9.17) is 10.1 Å². The van der Waals surface area contributed by atoms with Crippen LogP contribution in [-0.2, 0) is 19.3 Å². The van der Waals surface area contributed by atoms with Crippen molar-refractivity contribution in [2.75, 3.05) is 0 Å². The third-order valence-electron chi connectivity index (χ3n) is 4.41. The molecule has 2 aromatic heterocycles. The Labute approximate surface area is 124 Å². The fourth-order valence-corrected chi connectivity index (χ4v) is 3.34. The molecule has 21 heavy (non-hydrogen) atoms. The van der Waals surface area contributed by atoms with E-state index in [0.29, 0.717) is 0 Å². The topological polar surface area (TPSA) is 30.2 Å². The number of nitrogens with zero attached hydrogens (tertiary/aromatic N) is 3. The van der Waals surface area contributed by atoms with Gasteiger partial charge in [-0.2, -0.15) is 5.10 Å². The minimum absolute atomic E-state index is 0.933. The Hall–Kier alpha value is -2.16. The molecule has 0 fully saturated rings. The lowest BCUT2D eigenvalue weighted by Gasteiger charge is -2.15. The van der Waals surface area contributed by atoms with Crippen molar-refractivity contribution in [3.63, 3.8) is 0 Å². The molecule has 1 aliphatic rings. The van der Waals surface area contributed by atoms with Crippen LogP contribution in [0.1, 0.15) is 36.7 Å². The minimum Gasteiger partial charge on any atom is -0.236 e. The molecule has 0 radical (unpaired) electrons. The maximum atomic E-state index is 4.87. The van der Waals surface area contributed by atoms with Gasteiger partial charge in [0, 0.05) is 17.5 Å². The van der Waals surface area contributed by atoms with Crippen molar-refractivity contribution in [3.05, 3.63) is 53.5 Å². The lowest BCUT2D eigenvalue weighted by atomic mass is 9.97. The predicted molar refractivity (Wildman–Crippen MR) is 84.4 cm³/mol. The van der Waals surface area contributed by atoms with Crippen LogP contribution in [0.2, 0.25) is 0 Å². The summed E-state index contributed by atoms with van der Waals surface area (Å²) in [6.45, 7) is 2.17. The summed E-state index contributed by atoms with van der Waals surface area (Å²) in [6, 6.07) is 10.5. The number of benzene rings is 1. The van der Waals surface area contributed by atoms with Gasteiger partial charge in [0.15, 0.2) is 5.65 Å². The van der Waals surface area contributed by atoms with E-state index in [0.717, 1.165) is 30.6 Å². The van der Waals surface area contributed by atoms with E-state index in [1.807, 2.05) is 0 Å². The molecule has 3 aromatic rings. The van der Waals surface area contributed by atoms with Crippen LogP contribution in [0.15, 0.2) is 36.5 Å². The number of aromatic nitrogens is 3. The molecule has 3 heteroatoms. The molecule has 4 rings (SSSR count).